The Balaban J connectivity index is 2.16. The van der Waals surface area contributed by atoms with E-state index in [4.69, 9.17) is 9.84 Å². The van der Waals surface area contributed by atoms with E-state index in [2.05, 4.69) is 14.9 Å². The molecule has 0 saturated carbocycles. The lowest BCUT2D eigenvalue weighted by atomic mass is 10.2. The number of hydrogen-bond acceptors (Lipinski definition) is 6. The molecule has 0 aliphatic carbocycles. The Labute approximate surface area is 119 Å². The van der Waals surface area contributed by atoms with Crippen molar-refractivity contribution in [3.8, 4) is 5.75 Å². The van der Waals surface area contributed by atoms with Gasteiger partial charge in [0.25, 0.3) is 0 Å². The quantitative estimate of drug-likeness (QED) is 0.653. The van der Waals surface area contributed by atoms with Crippen molar-refractivity contribution in [1.29, 1.82) is 0 Å². The number of carboxylic acids is 1. The Bertz CT molecular complexity index is 652. The molecule has 20 heavy (non-hydrogen) atoms. The zero-order valence-corrected chi connectivity index (χ0v) is 11.8. The highest BCUT2D eigenvalue weighted by Crippen LogP contribution is 2.24. The molecule has 6 nitrogen and oxygen atoms in total. The number of hydrazone groups is 1. The molecule has 0 atom stereocenters. The first-order chi connectivity index (χ1) is 9.63. The molecule has 0 saturated heterocycles. The van der Waals surface area contributed by atoms with Crippen LogP contribution in [0.25, 0.3) is 0 Å². The largest absolute Gasteiger partial charge is 0.496 e. The molecule has 0 aliphatic rings. The van der Waals surface area contributed by atoms with Crippen LogP contribution >= 0.6 is 11.5 Å². The van der Waals surface area contributed by atoms with Crippen molar-refractivity contribution in [2.24, 2.45) is 5.10 Å². The van der Waals surface area contributed by atoms with Gasteiger partial charge in [0.05, 0.1) is 19.0 Å². The second-order valence-corrected chi connectivity index (χ2v) is 4.66. The van der Waals surface area contributed by atoms with Crippen molar-refractivity contribution in [3.63, 3.8) is 0 Å². The molecule has 0 unspecified atom stereocenters. The highest BCUT2D eigenvalue weighted by molar-refractivity contribution is 7.10. The Hall–Kier alpha value is -2.41. The number of rotatable bonds is 5. The summed E-state index contributed by atoms with van der Waals surface area (Å²) in [6.07, 6.45) is 1.57. The third-order valence-electron chi connectivity index (χ3n) is 2.59. The molecule has 0 amide bonds. The van der Waals surface area contributed by atoms with Gasteiger partial charge in [-0.05, 0) is 30.6 Å². The lowest BCUT2D eigenvalue weighted by Gasteiger charge is -2.03. The van der Waals surface area contributed by atoms with Gasteiger partial charge in [0, 0.05) is 5.56 Å². The summed E-state index contributed by atoms with van der Waals surface area (Å²) >= 11 is 1.06. The summed E-state index contributed by atoms with van der Waals surface area (Å²) in [5, 5.41) is 13.5. The molecule has 1 heterocycles. The Morgan fingerprint density at radius 2 is 2.25 bits per heavy atom. The lowest BCUT2D eigenvalue weighted by molar-refractivity contribution is 0.0697. The molecular weight excluding hydrogens is 278 g/mol. The van der Waals surface area contributed by atoms with Crippen molar-refractivity contribution in [1.82, 2.24) is 4.37 Å². The predicted molar refractivity (Wildman–Crippen MR) is 78.0 cm³/mol. The van der Waals surface area contributed by atoms with E-state index >= 15 is 0 Å². The van der Waals surface area contributed by atoms with E-state index in [1.165, 1.54) is 0 Å². The molecular formula is C13H13N3O3S. The third-order valence-corrected chi connectivity index (χ3v) is 3.43. The van der Waals surface area contributed by atoms with Gasteiger partial charge >= 0.3 is 5.97 Å². The average molecular weight is 291 g/mol. The number of aromatic carboxylic acids is 1. The summed E-state index contributed by atoms with van der Waals surface area (Å²) in [7, 11) is 1.58. The van der Waals surface area contributed by atoms with E-state index in [9.17, 15) is 4.79 Å². The molecule has 7 heteroatoms. The molecule has 0 bridgehead atoms. The van der Waals surface area contributed by atoms with Gasteiger partial charge in [-0.2, -0.15) is 9.47 Å². The van der Waals surface area contributed by atoms with E-state index in [-0.39, 0.29) is 5.56 Å². The molecule has 2 N–H and O–H groups in total. The first-order valence-electron chi connectivity index (χ1n) is 5.75. The summed E-state index contributed by atoms with van der Waals surface area (Å²) < 4.78 is 9.19. The molecule has 0 radical (unpaired) electrons. The maximum Gasteiger partial charge on any atom is 0.340 e. The molecule has 1 aromatic carbocycles. The minimum Gasteiger partial charge on any atom is -0.496 e. The zero-order chi connectivity index (χ0) is 14.5. The lowest BCUT2D eigenvalue weighted by Crippen LogP contribution is -2.01. The minimum absolute atomic E-state index is 0.146. The van der Waals surface area contributed by atoms with Gasteiger partial charge in [0.15, 0.2) is 0 Å². The number of methoxy groups -OCH3 is 1. The number of aromatic nitrogens is 1. The number of benzene rings is 1. The molecule has 2 aromatic rings. The van der Waals surface area contributed by atoms with Gasteiger partial charge in [-0.1, -0.05) is 12.1 Å². The van der Waals surface area contributed by atoms with Gasteiger partial charge in [-0.3, -0.25) is 5.43 Å². The topological polar surface area (TPSA) is 83.8 Å². The second kappa shape index (κ2) is 6.16. The highest BCUT2D eigenvalue weighted by atomic mass is 32.1. The number of carboxylic acid groups (broad SMARTS) is 1. The van der Waals surface area contributed by atoms with Gasteiger partial charge in [0.1, 0.15) is 16.3 Å². The average Bonchev–Trinajstić information content (AvgIpc) is 2.80. The summed E-state index contributed by atoms with van der Waals surface area (Å²) in [5.41, 5.74) is 4.11. The maximum atomic E-state index is 11.1. The van der Waals surface area contributed by atoms with Gasteiger partial charge in [-0.25, -0.2) is 4.79 Å². The van der Waals surface area contributed by atoms with E-state index in [1.54, 1.807) is 20.2 Å². The second-order valence-electron chi connectivity index (χ2n) is 3.89. The Morgan fingerprint density at radius 3 is 2.95 bits per heavy atom. The fourth-order valence-electron chi connectivity index (χ4n) is 1.63. The van der Waals surface area contributed by atoms with Gasteiger partial charge in [0.2, 0.25) is 0 Å². The van der Waals surface area contributed by atoms with E-state index in [0.29, 0.717) is 16.4 Å². The summed E-state index contributed by atoms with van der Waals surface area (Å²) in [4.78, 5) is 11.1. The van der Waals surface area contributed by atoms with Crippen LogP contribution < -0.4 is 10.2 Å². The molecule has 1 aromatic heterocycles. The first kappa shape index (κ1) is 14.0. The van der Waals surface area contributed by atoms with E-state index in [0.717, 1.165) is 17.1 Å². The van der Waals surface area contributed by atoms with Crippen LogP contribution in [-0.2, 0) is 0 Å². The van der Waals surface area contributed by atoms with E-state index < -0.39 is 5.97 Å². The van der Waals surface area contributed by atoms with Crippen molar-refractivity contribution < 1.29 is 14.6 Å². The zero-order valence-electron chi connectivity index (χ0n) is 11.0. The summed E-state index contributed by atoms with van der Waals surface area (Å²) in [6.45, 7) is 1.65. The Kier molecular flexibility index (Phi) is 4.31. The predicted octanol–water partition coefficient (Wildman–Crippen LogP) is 2.60. The maximum absolute atomic E-state index is 11.1. The standard InChI is InChI=1S/C13H13N3O3S/c1-8-11(13(17)18)12(20-16-8)15-14-7-9-5-3-4-6-10(9)19-2/h3-7,15H,1-2H3,(H,17,18). The van der Waals surface area contributed by atoms with Crippen LogP contribution in [0.5, 0.6) is 5.75 Å². The van der Waals surface area contributed by atoms with Crippen LogP contribution in [0, 0.1) is 6.92 Å². The highest BCUT2D eigenvalue weighted by Gasteiger charge is 2.16. The number of ether oxygens (including phenoxy) is 1. The van der Waals surface area contributed by atoms with Crippen molar-refractivity contribution in [2.75, 3.05) is 12.5 Å². The molecule has 0 spiro atoms. The van der Waals surface area contributed by atoms with Crippen molar-refractivity contribution >= 4 is 28.7 Å². The number of aryl methyl sites for hydroxylation is 1. The number of carbonyl (C=O) groups is 1. The smallest absolute Gasteiger partial charge is 0.340 e. The number of nitrogens with zero attached hydrogens (tertiary/aromatic N) is 2. The monoisotopic (exact) mass is 291 g/mol. The normalized spacial score (nSPS) is 10.7. The van der Waals surface area contributed by atoms with Crippen LogP contribution in [0.15, 0.2) is 29.4 Å². The molecule has 0 fully saturated rings. The van der Waals surface area contributed by atoms with Gasteiger partial charge < -0.3 is 9.84 Å². The van der Waals surface area contributed by atoms with Gasteiger partial charge in [-0.15, -0.1) is 0 Å². The van der Waals surface area contributed by atoms with Crippen LogP contribution in [0.4, 0.5) is 5.00 Å². The van der Waals surface area contributed by atoms with E-state index in [1.807, 2.05) is 24.3 Å². The fraction of sp³-hybridized carbons (Fsp3) is 0.154. The SMILES string of the molecule is COc1ccccc1C=NNc1snc(C)c1C(=O)O. The molecule has 0 aliphatic heterocycles. The van der Waals surface area contributed by atoms with Crippen LogP contribution in [0.3, 0.4) is 0 Å². The first-order valence-corrected chi connectivity index (χ1v) is 6.52. The molecule has 2 rings (SSSR count). The van der Waals surface area contributed by atoms with Crippen molar-refractivity contribution in [3.05, 3.63) is 41.1 Å². The molecule has 104 valence electrons. The summed E-state index contributed by atoms with van der Waals surface area (Å²) in [5.74, 6) is -0.330. The minimum atomic E-state index is -1.02. The van der Waals surface area contributed by atoms with Crippen LogP contribution in [0.2, 0.25) is 0 Å². The summed E-state index contributed by atoms with van der Waals surface area (Å²) in [6, 6.07) is 7.39. The number of anilines is 1. The number of hydrogen-bond donors (Lipinski definition) is 2. The van der Waals surface area contributed by atoms with Crippen molar-refractivity contribution in [2.45, 2.75) is 6.92 Å². The Morgan fingerprint density at radius 1 is 1.50 bits per heavy atom. The number of para-hydroxylation sites is 1. The fourth-order valence-corrected chi connectivity index (χ4v) is 2.37. The van der Waals surface area contributed by atoms with Crippen LogP contribution in [0.1, 0.15) is 21.6 Å². The van der Waals surface area contributed by atoms with Crippen LogP contribution in [-0.4, -0.2) is 28.8 Å². The number of nitrogens with one attached hydrogen (secondary N) is 1. The third kappa shape index (κ3) is 2.94.